The first-order chi connectivity index (χ1) is 8.37. The molecule has 0 spiro atoms. The standard InChI is InChI=1S/C14H18O3S/c1-10-3-4-11(2)13(7-10)8-14(15)12-5-6-18(16,17)9-12/h3-4,7,12H,5-6,8-9H2,1-2H3. The first-order valence-electron chi connectivity index (χ1n) is 6.17. The van der Waals surface area contributed by atoms with Gasteiger partial charge in [-0.05, 0) is 31.4 Å². The number of Topliss-reactive ketones (excluding diaryl/α,β-unsaturated/α-hetero) is 1. The molecule has 18 heavy (non-hydrogen) atoms. The van der Waals surface area contributed by atoms with E-state index in [1.165, 1.54) is 0 Å². The van der Waals surface area contributed by atoms with Crippen LogP contribution in [-0.4, -0.2) is 25.7 Å². The second kappa shape index (κ2) is 4.84. The Morgan fingerprint density at radius 2 is 2.06 bits per heavy atom. The van der Waals surface area contributed by atoms with Gasteiger partial charge in [0.25, 0.3) is 0 Å². The zero-order chi connectivity index (χ0) is 13.3. The zero-order valence-corrected chi connectivity index (χ0v) is 11.6. The van der Waals surface area contributed by atoms with Crippen LogP contribution in [0.4, 0.5) is 0 Å². The van der Waals surface area contributed by atoms with Gasteiger partial charge in [-0.1, -0.05) is 23.8 Å². The minimum Gasteiger partial charge on any atom is -0.299 e. The van der Waals surface area contributed by atoms with Crippen molar-refractivity contribution < 1.29 is 13.2 Å². The third-order valence-corrected chi connectivity index (χ3v) is 5.33. The highest BCUT2D eigenvalue weighted by atomic mass is 32.2. The van der Waals surface area contributed by atoms with Gasteiger partial charge in [0.15, 0.2) is 9.84 Å². The molecule has 1 aromatic carbocycles. The number of benzene rings is 1. The molecule has 1 aromatic rings. The smallest absolute Gasteiger partial charge is 0.151 e. The van der Waals surface area contributed by atoms with Crippen LogP contribution in [0, 0.1) is 19.8 Å². The van der Waals surface area contributed by atoms with Gasteiger partial charge in [0, 0.05) is 12.3 Å². The molecule has 0 amide bonds. The van der Waals surface area contributed by atoms with E-state index >= 15 is 0 Å². The van der Waals surface area contributed by atoms with Crippen LogP contribution in [0.5, 0.6) is 0 Å². The van der Waals surface area contributed by atoms with E-state index in [-0.39, 0.29) is 23.2 Å². The Morgan fingerprint density at radius 3 is 2.67 bits per heavy atom. The number of sulfone groups is 1. The summed E-state index contributed by atoms with van der Waals surface area (Å²) >= 11 is 0. The molecule has 3 nitrogen and oxygen atoms in total. The van der Waals surface area contributed by atoms with E-state index in [4.69, 9.17) is 0 Å². The van der Waals surface area contributed by atoms with Crippen LogP contribution < -0.4 is 0 Å². The Morgan fingerprint density at radius 1 is 1.33 bits per heavy atom. The third-order valence-electron chi connectivity index (χ3n) is 3.56. The Balaban J connectivity index is 2.10. The molecule has 1 aliphatic heterocycles. The molecule has 1 atom stereocenters. The molecule has 2 rings (SSSR count). The predicted octanol–water partition coefficient (Wildman–Crippen LogP) is 1.85. The molecule has 1 aliphatic rings. The summed E-state index contributed by atoms with van der Waals surface area (Å²) in [5.41, 5.74) is 3.24. The van der Waals surface area contributed by atoms with Gasteiger partial charge < -0.3 is 0 Å². The van der Waals surface area contributed by atoms with Gasteiger partial charge in [0.05, 0.1) is 11.5 Å². The molecular weight excluding hydrogens is 248 g/mol. The van der Waals surface area contributed by atoms with Crippen LogP contribution in [0.2, 0.25) is 0 Å². The van der Waals surface area contributed by atoms with Gasteiger partial charge in [-0.25, -0.2) is 8.42 Å². The second-order valence-electron chi connectivity index (χ2n) is 5.17. The highest BCUT2D eigenvalue weighted by molar-refractivity contribution is 7.91. The lowest BCUT2D eigenvalue weighted by Crippen LogP contribution is -2.18. The van der Waals surface area contributed by atoms with E-state index in [1.807, 2.05) is 32.0 Å². The van der Waals surface area contributed by atoms with E-state index < -0.39 is 9.84 Å². The van der Waals surface area contributed by atoms with Gasteiger partial charge in [-0.2, -0.15) is 0 Å². The summed E-state index contributed by atoms with van der Waals surface area (Å²) in [7, 11) is -2.97. The van der Waals surface area contributed by atoms with Gasteiger partial charge in [0.2, 0.25) is 0 Å². The maximum Gasteiger partial charge on any atom is 0.151 e. The van der Waals surface area contributed by atoms with Crippen molar-refractivity contribution in [3.8, 4) is 0 Å². The van der Waals surface area contributed by atoms with Crippen LogP contribution >= 0.6 is 0 Å². The summed E-state index contributed by atoms with van der Waals surface area (Å²) in [5, 5.41) is 0. The van der Waals surface area contributed by atoms with Crippen LogP contribution in [0.1, 0.15) is 23.1 Å². The number of aryl methyl sites for hydroxylation is 2. The molecule has 1 heterocycles. The van der Waals surface area contributed by atoms with Gasteiger partial charge in [-0.15, -0.1) is 0 Å². The molecule has 1 saturated heterocycles. The van der Waals surface area contributed by atoms with Crippen molar-refractivity contribution in [3.63, 3.8) is 0 Å². The Kier molecular flexibility index (Phi) is 3.57. The van der Waals surface area contributed by atoms with E-state index in [0.717, 1.165) is 16.7 Å². The predicted molar refractivity (Wildman–Crippen MR) is 71.4 cm³/mol. The summed E-state index contributed by atoms with van der Waals surface area (Å²) in [6.45, 7) is 3.97. The molecule has 0 aromatic heterocycles. The van der Waals surface area contributed by atoms with Gasteiger partial charge in [0.1, 0.15) is 5.78 Å². The SMILES string of the molecule is Cc1ccc(C)c(CC(=O)C2CCS(=O)(=O)C2)c1. The highest BCUT2D eigenvalue weighted by Gasteiger charge is 2.32. The lowest BCUT2D eigenvalue weighted by Gasteiger charge is -2.09. The van der Waals surface area contributed by atoms with Crippen molar-refractivity contribution in [1.82, 2.24) is 0 Å². The van der Waals surface area contributed by atoms with Gasteiger partial charge >= 0.3 is 0 Å². The van der Waals surface area contributed by atoms with E-state index in [1.54, 1.807) is 0 Å². The fourth-order valence-electron chi connectivity index (χ4n) is 2.37. The fraction of sp³-hybridized carbons (Fsp3) is 0.500. The largest absolute Gasteiger partial charge is 0.299 e. The van der Waals surface area contributed by atoms with E-state index in [9.17, 15) is 13.2 Å². The average Bonchev–Trinajstić information content (AvgIpc) is 2.64. The molecule has 0 N–H and O–H groups in total. The van der Waals surface area contributed by atoms with E-state index in [0.29, 0.717) is 12.8 Å². The minimum absolute atomic E-state index is 0.0384. The normalized spacial score (nSPS) is 22.0. The van der Waals surface area contributed by atoms with Crippen LogP contribution in [0.3, 0.4) is 0 Å². The molecule has 98 valence electrons. The number of rotatable bonds is 3. The molecule has 0 radical (unpaired) electrons. The fourth-order valence-corrected chi connectivity index (χ4v) is 4.15. The first-order valence-corrected chi connectivity index (χ1v) is 7.99. The zero-order valence-electron chi connectivity index (χ0n) is 10.8. The Bertz CT molecular complexity index is 573. The van der Waals surface area contributed by atoms with Gasteiger partial charge in [-0.3, -0.25) is 4.79 Å². The maximum atomic E-state index is 12.1. The number of ketones is 1. The quantitative estimate of drug-likeness (QED) is 0.839. The van der Waals surface area contributed by atoms with Crippen molar-refractivity contribution in [2.24, 2.45) is 5.92 Å². The second-order valence-corrected chi connectivity index (χ2v) is 7.40. The van der Waals surface area contributed by atoms with Crippen molar-refractivity contribution >= 4 is 15.6 Å². The third kappa shape index (κ3) is 2.99. The van der Waals surface area contributed by atoms with Crippen LogP contribution in [-0.2, 0) is 21.1 Å². The topological polar surface area (TPSA) is 51.2 Å². The summed E-state index contributed by atoms with van der Waals surface area (Å²) < 4.78 is 22.7. The maximum absolute atomic E-state index is 12.1. The van der Waals surface area contributed by atoms with Crippen molar-refractivity contribution in [2.45, 2.75) is 26.7 Å². The minimum atomic E-state index is -2.97. The summed E-state index contributed by atoms with van der Waals surface area (Å²) in [6.07, 6.45) is 0.847. The number of hydrogen-bond acceptors (Lipinski definition) is 3. The molecular formula is C14H18O3S. The highest BCUT2D eigenvalue weighted by Crippen LogP contribution is 2.22. The van der Waals surface area contributed by atoms with Crippen molar-refractivity contribution in [2.75, 3.05) is 11.5 Å². The summed E-state index contributed by atoms with van der Waals surface area (Å²) in [4.78, 5) is 12.1. The molecule has 4 heteroatoms. The number of carbonyl (C=O) groups is 1. The van der Waals surface area contributed by atoms with Crippen LogP contribution in [0.25, 0.3) is 0 Å². The number of carbonyl (C=O) groups excluding carboxylic acids is 1. The van der Waals surface area contributed by atoms with Crippen LogP contribution in [0.15, 0.2) is 18.2 Å². The molecule has 0 saturated carbocycles. The average molecular weight is 266 g/mol. The van der Waals surface area contributed by atoms with Crippen molar-refractivity contribution in [1.29, 1.82) is 0 Å². The van der Waals surface area contributed by atoms with Crippen molar-refractivity contribution in [3.05, 3.63) is 34.9 Å². The lowest BCUT2D eigenvalue weighted by molar-refractivity contribution is -0.121. The number of hydrogen-bond donors (Lipinski definition) is 0. The Hall–Kier alpha value is -1.16. The monoisotopic (exact) mass is 266 g/mol. The van der Waals surface area contributed by atoms with E-state index in [2.05, 4.69) is 0 Å². The lowest BCUT2D eigenvalue weighted by atomic mass is 9.94. The molecule has 1 fully saturated rings. The molecule has 1 unspecified atom stereocenters. The Labute approximate surface area is 108 Å². The first kappa shape index (κ1) is 13.3. The molecule has 0 aliphatic carbocycles. The molecule has 0 bridgehead atoms. The summed E-state index contributed by atoms with van der Waals surface area (Å²) in [6, 6.07) is 6.03. The summed E-state index contributed by atoms with van der Waals surface area (Å²) in [5.74, 6) is -0.0351.